The van der Waals surface area contributed by atoms with Crippen LogP contribution in [0.1, 0.15) is 58.3 Å². The zero-order valence-electron chi connectivity index (χ0n) is 13.2. The van der Waals surface area contributed by atoms with Gasteiger partial charge < -0.3 is 14.7 Å². The molecular weight excluding hydrogens is 266 g/mol. The number of hydrogen-bond donors (Lipinski definition) is 1. The van der Waals surface area contributed by atoms with Crippen molar-refractivity contribution in [1.29, 1.82) is 0 Å². The van der Waals surface area contributed by atoms with Gasteiger partial charge in [0.05, 0.1) is 18.1 Å². The van der Waals surface area contributed by atoms with Crippen LogP contribution in [0.3, 0.4) is 0 Å². The maximum atomic E-state index is 13.0. The molecule has 2 aliphatic heterocycles. The molecule has 4 nitrogen and oxygen atoms in total. The molecule has 2 heterocycles. The predicted molar refractivity (Wildman–Crippen MR) is 80.8 cm³/mol. The first-order valence-corrected chi connectivity index (χ1v) is 8.82. The molecule has 3 aliphatic rings. The Bertz CT molecular complexity index is 373. The van der Waals surface area contributed by atoms with Crippen LogP contribution >= 0.6 is 0 Å². The van der Waals surface area contributed by atoms with Crippen LogP contribution < -0.4 is 0 Å². The van der Waals surface area contributed by atoms with Crippen LogP contribution in [0.15, 0.2) is 0 Å². The minimum absolute atomic E-state index is 0.0501. The van der Waals surface area contributed by atoms with Crippen LogP contribution in [0.4, 0.5) is 0 Å². The predicted octanol–water partition coefficient (Wildman–Crippen LogP) is 2.34. The van der Waals surface area contributed by atoms with E-state index in [1.165, 1.54) is 6.42 Å². The molecular formula is C17H29NO3. The van der Waals surface area contributed by atoms with Crippen molar-refractivity contribution in [2.45, 2.75) is 76.5 Å². The van der Waals surface area contributed by atoms with E-state index in [4.69, 9.17) is 4.74 Å². The second kappa shape index (κ2) is 6.66. The first-order valence-electron chi connectivity index (χ1n) is 8.82. The van der Waals surface area contributed by atoms with Crippen LogP contribution in [-0.4, -0.2) is 47.3 Å². The van der Waals surface area contributed by atoms with E-state index in [-0.39, 0.29) is 24.2 Å². The number of rotatable bonds is 3. The van der Waals surface area contributed by atoms with Gasteiger partial charge in [0.25, 0.3) is 0 Å². The lowest BCUT2D eigenvalue weighted by molar-refractivity contribution is -0.143. The maximum absolute atomic E-state index is 13.0. The number of likely N-dealkylation sites (tertiary alicyclic amines) is 1. The second-order valence-corrected chi connectivity index (χ2v) is 6.97. The lowest BCUT2D eigenvalue weighted by Gasteiger charge is -2.42. The van der Waals surface area contributed by atoms with Gasteiger partial charge in [-0.3, -0.25) is 4.79 Å². The van der Waals surface area contributed by atoms with Crippen LogP contribution in [0.25, 0.3) is 0 Å². The maximum Gasteiger partial charge on any atom is 0.228 e. The highest BCUT2D eigenvalue weighted by atomic mass is 16.5. The van der Waals surface area contributed by atoms with Crippen molar-refractivity contribution in [2.75, 3.05) is 13.2 Å². The van der Waals surface area contributed by atoms with Crippen molar-refractivity contribution >= 4 is 5.91 Å². The molecule has 120 valence electrons. The quantitative estimate of drug-likeness (QED) is 0.869. The number of nitrogens with zero attached hydrogens (tertiary/aromatic N) is 1. The lowest BCUT2D eigenvalue weighted by atomic mass is 9.86. The molecule has 0 aromatic heterocycles. The third-order valence-corrected chi connectivity index (χ3v) is 5.79. The summed E-state index contributed by atoms with van der Waals surface area (Å²) in [5.41, 5.74) is 0. The molecule has 0 bridgehead atoms. The molecule has 4 heteroatoms. The molecule has 3 rings (SSSR count). The van der Waals surface area contributed by atoms with E-state index >= 15 is 0 Å². The molecule has 5 unspecified atom stereocenters. The van der Waals surface area contributed by atoms with Gasteiger partial charge in [-0.2, -0.15) is 0 Å². The van der Waals surface area contributed by atoms with Gasteiger partial charge in [0.2, 0.25) is 5.91 Å². The van der Waals surface area contributed by atoms with Gasteiger partial charge in [0, 0.05) is 25.1 Å². The topological polar surface area (TPSA) is 49.8 Å². The average Bonchev–Trinajstić information content (AvgIpc) is 3.14. The first kappa shape index (κ1) is 15.3. The first-order chi connectivity index (χ1) is 10.2. The van der Waals surface area contributed by atoms with Crippen LogP contribution in [-0.2, 0) is 9.53 Å². The highest BCUT2D eigenvalue weighted by molar-refractivity contribution is 5.80. The summed E-state index contributed by atoms with van der Waals surface area (Å²) in [5.74, 6) is 0.647. The standard InChI is InChI=1S/C17H29NO3/c1-2-16-13(9-11-21-16)17(20)18-10-4-3-7-14(18)12-6-5-8-15(12)19/h12-16,19H,2-11H2,1H3. The Kier molecular flexibility index (Phi) is 4.85. The largest absolute Gasteiger partial charge is 0.393 e. The highest BCUT2D eigenvalue weighted by Crippen LogP contribution is 2.37. The molecule has 1 amide bonds. The van der Waals surface area contributed by atoms with Gasteiger partial charge in [0.1, 0.15) is 0 Å². The Hall–Kier alpha value is -0.610. The molecule has 0 radical (unpaired) electrons. The molecule has 2 saturated heterocycles. The smallest absolute Gasteiger partial charge is 0.228 e. The van der Waals surface area contributed by atoms with E-state index in [1.807, 2.05) is 0 Å². The van der Waals surface area contributed by atoms with Gasteiger partial charge in [-0.05, 0) is 44.9 Å². The van der Waals surface area contributed by atoms with Gasteiger partial charge in [-0.1, -0.05) is 13.3 Å². The fourth-order valence-corrected chi connectivity index (χ4v) is 4.64. The summed E-state index contributed by atoms with van der Waals surface area (Å²) in [7, 11) is 0. The number of carbonyl (C=O) groups is 1. The Morgan fingerprint density at radius 2 is 2.05 bits per heavy atom. The van der Waals surface area contributed by atoms with E-state index in [0.29, 0.717) is 11.8 Å². The molecule has 21 heavy (non-hydrogen) atoms. The third kappa shape index (κ3) is 2.98. The molecule has 5 atom stereocenters. The highest BCUT2D eigenvalue weighted by Gasteiger charge is 2.43. The third-order valence-electron chi connectivity index (χ3n) is 5.79. The Morgan fingerprint density at radius 3 is 2.76 bits per heavy atom. The number of aliphatic hydroxyl groups excluding tert-OH is 1. The number of hydrogen-bond acceptors (Lipinski definition) is 3. The van der Waals surface area contributed by atoms with E-state index in [1.54, 1.807) is 0 Å². The monoisotopic (exact) mass is 295 g/mol. The van der Waals surface area contributed by atoms with Crippen molar-refractivity contribution in [3.8, 4) is 0 Å². The zero-order chi connectivity index (χ0) is 14.8. The van der Waals surface area contributed by atoms with E-state index < -0.39 is 0 Å². The molecule has 1 aliphatic carbocycles. The zero-order valence-corrected chi connectivity index (χ0v) is 13.2. The summed E-state index contributed by atoms with van der Waals surface area (Å²) in [6.07, 6.45) is 8.15. The van der Waals surface area contributed by atoms with Crippen molar-refractivity contribution in [1.82, 2.24) is 4.90 Å². The van der Waals surface area contributed by atoms with Crippen molar-refractivity contribution in [2.24, 2.45) is 11.8 Å². The Labute approximate surface area is 127 Å². The fourth-order valence-electron chi connectivity index (χ4n) is 4.64. The van der Waals surface area contributed by atoms with Gasteiger partial charge in [0.15, 0.2) is 0 Å². The molecule has 1 N–H and O–H groups in total. The van der Waals surface area contributed by atoms with Crippen molar-refractivity contribution in [3.63, 3.8) is 0 Å². The number of amides is 1. The molecule has 3 fully saturated rings. The minimum atomic E-state index is -0.204. The average molecular weight is 295 g/mol. The number of ether oxygens (including phenoxy) is 1. The van der Waals surface area contributed by atoms with E-state index in [0.717, 1.165) is 58.1 Å². The lowest BCUT2D eigenvalue weighted by Crippen LogP contribution is -2.52. The molecule has 0 aromatic rings. The Balaban J connectivity index is 1.72. The minimum Gasteiger partial charge on any atom is -0.393 e. The van der Waals surface area contributed by atoms with Crippen LogP contribution in [0.5, 0.6) is 0 Å². The van der Waals surface area contributed by atoms with Gasteiger partial charge >= 0.3 is 0 Å². The summed E-state index contributed by atoms with van der Waals surface area (Å²) in [6, 6.07) is 0.266. The number of piperidine rings is 1. The van der Waals surface area contributed by atoms with E-state index in [9.17, 15) is 9.90 Å². The summed E-state index contributed by atoms with van der Waals surface area (Å²) < 4.78 is 5.71. The molecule has 0 aromatic carbocycles. The van der Waals surface area contributed by atoms with E-state index in [2.05, 4.69) is 11.8 Å². The van der Waals surface area contributed by atoms with Crippen LogP contribution in [0, 0.1) is 11.8 Å². The molecule has 0 spiro atoms. The SMILES string of the molecule is CCC1OCCC1C(=O)N1CCCCC1C1CCCC1O. The summed E-state index contributed by atoms with van der Waals surface area (Å²) in [5, 5.41) is 10.2. The van der Waals surface area contributed by atoms with Crippen LogP contribution in [0.2, 0.25) is 0 Å². The number of carbonyl (C=O) groups excluding carboxylic acids is 1. The fraction of sp³-hybridized carbons (Fsp3) is 0.941. The second-order valence-electron chi connectivity index (χ2n) is 6.97. The summed E-state index contributed by atoms with van der Waals surface area (Å²) >= 11 is 0. The summed E-state index contributed by atoms with van der Waals surface area (Å²) in [4.78, 5) is 15.1. The van der Waals surface area contributed by atoms with Crippen molar-refractivity contribution in [3.05, 3.63) is 0 Å². The van der Waals surface area contributed by atoms with Crippen molar-refractivity contribution < 1.29 is 14.6 Å². The normalized spacial score (nSPS) is 40.7. The Morgan fingerprint density at radius 1 is 1.19 bits per heavy atom. The summed E-state index contributed by atoms with van der Waals surface area (Å²) in [6.45, 7) is 3.70. The molecule has 1 saturated carbocycles. The number of aliphatic hydroxyl groups is 1. The van der Waals surface area contributed by atoms with Gasteiger partial charge in [-0.25, -0.2) is 0 Å². The van der Waals surface area contributed by atoms with Gasteiger partial charge in [-0.15, -0.1) is 0 Å².